The molecule has 0 aliphatic carbocycles. The van der Waals surface area contributed by atoms with E-state index in [1.165, 1.54) is 0 Å². The van der Waals surface area contributed by atoms with Crippen LogP contribution in [0, 0.1) is 20.4 Å². The molecule has 0 radical (unpaired) electrons. The molecule has 2 nitrogen and oxygen atoms in total. The molecule has 2 heteroatoms. The lowest BCUT2D eigenvalue weighted by Crippen LogP contribution is -1.81. The van der Waals surface area contributed by atoms with Crippen molar-refractivity contribution in [1.29, 1.82) is 0 Å². The van der Waals surface area contributed by atoms with Gasteiger partial charge in [-0.25, -0.2) is 0 Å². The van der Waals surface area contributed by atoms with Crippen LogP contribution in [0.25, 0.3) is 4.85 Å². The van der Waals surface area contributed by atoms with Crippen LogP contribution in [0.4, 0.5) is 5.82 Å². The third-order valence-electron chi connectivity index (χ3n) is 1.32. The van der Waals surface area contributed by atoms with Gasteiger partial charge in [0.2, 0.25) is 0 Å². The fraction of sp³-hybridized carbons (Fsp3) is 0.250. The Morgan fingerprint density at radius 3 is 2.60 bits per heavy atom. The minimum atomic E-state index is 0.514. The van der Waals surface area contributed by atoms with Crippen molar-refractivity contribution in [3.63, 3.8) is 0 Å². The van der Waals surface area contributed by atoms with Gasteiger partial charge in [0.25, 0.3) is 5.82 Å². The highest BCUT2D eigenvalue weighted by molar-refractivity contribution is 5.44. The molecule has 0 aromatic carbocycles. The topological polar surface area (TPSA) is 17.2 Å². The second kappa shape index (κ2) is 2.49. The molecule has 0 atom stereocenters. The summed E-state index contributed by atoms with van der Waals surface area (Å²) in [5.41, 5.74) is 1.84. The van der Waals surface area contributed by atoms with Crippen LogP contribution in [0.5, 0.6) is 0 Å². The molecule has 1 aromatic rings. The van der Waals surface area contributed by atoms with Gasteiger partial charge in [-0.1, -0.05) is 12.6 Å². The highest BCUT2D eigenvalue weighted by atomic mass is 14.9. The maximum atomic E-state index is 6.74. The van der Waals surface area contributed by atoms with E-state index in [0.29, 0.717) is 5.82 Å². The zero-order valence-corrected chi connectivity index (χ0v) is 6.05. The van der Waals surface area contributed by atoms with Crippen LogP contribution in [0.3, 0.4) is 0 Å². The van der Waals surface area contributed by atoms with Crippen LogP contribution in [-0.4, -0.2) is 4.98 Å². The fourth-order valence-corrected chi connectivity index (χ4v) is 0.726. The van der Waals surface area contributed by atoms with Crippen molar-refractivity contribution in [3.05, 3.63) is 34.8 Å². The Balaban J connectivity index is 3.25. The van der Waals surface area contributed by atoms with Crippen LogP contribution >= 0.6 is 0 Å². The summed E-state index contributed by atoms with van der Waals surface area (Å²) in [6.07, 6.45) is 0. The molecule has 0 saturated heterocycles. The summed E-state index contributed by atoms with van der Waals surface area (Å²) in [5, 5.41) is 0. The lowest BCUT2D eigenvalue weighted by atomic mass is 10.2. The maximum Gasteiger partial charge on any atom is 0.272 e. The van der Waals surface area contributed by atoms with Gasteiger partial charge in [0.1, 0.15) is 5.69 Å². The number of hydrogen-bond donors (Lipinski definition) is 0. The van der Waals surface area contributed by atoms with Crippen molar-refractivity contribution in [2.24, 2.45) is 0 Å². The summed E-state index contributed by atoms with van der Waals surface area (Å²) in [6.45, 7) is 10.5. The quantitative estimate of drug-likeness (QED) is 0.495. The molecule has 1 rings (SSSR count). The molecule has 0 saturated carbocycles. The van der Waals surface area contributed by atoms with Gasteiger partial charge < -0.3 is 4.85 Å². The smallest absolute Gasteiger partial charge is 0.272 e. The SMILES string of the molecule is [C-]#[N+]c1nc(C)ccc1C. The molecule has 0 aliphatic rings. The van der Waals surface area contributed by atoms with Gasteiger partial charge in [-0.05, 0) is 18.6 Å². The predicted octanol–water partition coefficient (Wildman–Crippen LogP) is 2.25. The van der Waals surface area contributed by atoms with Crippen LogP contribution < -0.4 is 0 Å². The van der Waals surface area contributed by atoms with Crippen molar-refractivity contribution in [3.8, 4) is 0 Å². The maximum absolute atomic E-state index is 6.74. The van der Waals surface area contributed by atoms with E-state index in [1.807, 2.05) is 26.0 Å². The summed E-state index contributed by atoms with van der Waals surface area (Å²) in [6, 6.07) is 3.82. The Morgan fingerprint density at radius 1 is 1.40 bits per heavy atom. The fourth-order valence-electron chi connectivity index (χ4n) is 0.726. The Bertz CT molecular complexity index is 284. The number of rotatable bonds is 0. The van der Waals surface area contributed by atoms with E-state index in [2.05, 4.69) is 9.83 Å². The van der Waals surface area contributed by atoms with Crippen LogP contribution in [-0.2, 0) is 0 Å². The molecule has 1 aromatic heterocycles. The van der Waals surface area contributed by atoms with Crippen molar-refractivity contribution in [2.45, 2.75) is 13.8 Å². The van der Waals surface area contributed by atoms with E-state index in [1.54, 1.807) is 0 Å². The van der Waals surface area contributed by atoms with Crippen molar-refractivity contribution < 1.29 is 0 Å². The van der Waals surface area contributed by atoms with Crippen molar-refractivity contribution >= 4 is 5.82 Å². The molecule has 0 fully saturated rings. The molecule has 10 heavy (non-hydrogen) atoms. The summed E-state index contributed by atoms with van der Waals surface area (Å²) in [5.74, 6) is 0.514. The third-order valence-corrected chi connectivity index (χ3v) is 1.32. The normalized spacial score (nSPS) is 8.90. The molecule has 0 amide bonds. The van der Waals surface area contributed by atoms with E-state index in [-0.39, 0.29) is 0 Å². The third kappa shape index (κ3) is 1.14. The van der Waals surface area contributed by atoms with Gasteiger partial charge in [-0.3, -0.25) is 0 Å². The van der Waals surface area contributed by atoms with E-state index >= 15 is 0 Å². The monoisotopic (exact) mass is 132 g/mol. The molecule has 0 N–H and O–H groups in total. The summed E-state index contributed by atoms with van der Waals surface area (Å²) < 4.78 is 0. The minimum Gasteiger partial charge on any atom is -0.360 e. The first kappa shape index (κ1) is 6.76. The highest BCUT2D eigenvalue weighted by Crippen LogP contribution is 2.14. The molecule has 1 heterocycles. The summed E-state index contributed by atoms with van der Waals surface area (Å²) in [4.78, 5) is 7.31. The Hall–Kier alpha value is -1.36. The molecule has 50 valence electrons. The molecule has 0 spiro atoms. The van der Waals surface area contributed by atoms with Gasteiger partial charge in [0.05, 0.1) is 0 Å². The zero-order chi connectivity index (χ0) is 7.56. The first-order chi connectivity index (χ1) is 4.74. The van der Waals surface area contributed by atoms with E-state index in [4.69, 9.17) is 6.57 Å². The number of nitrogens with zero attached hydrogens (tertiary/aromatic N) is 2. The van der Waals surface area contributed by atoms with Gasteiger partial charge in [-0.15, -0.1) is 4.98 Å². The Morgan fingerprint density at radius 2 is 2.10 bits per heavy atom. The number of aryl methyl sites for hydroxylation is 2. The summed E-state index contributed by atoms with van der Waals surface area (Å²) >= 11 is 0. The lowest BCUT2D eigenvalue weighted by Gasteiger charge is -1.93. The minimum absolute atomic E-state index is 0.514. The van der Waals surface area contributed by atoms with Gasteiger partial charge >= 0.3 is 0 Å². The first-order valence-corrected chi connectivity index (χ1v) is 3.06. The predicted molar refractivity (Wildman–Crippen MR) is 40.0 cm³/mol. The lowest BCUT2D eigenvalue weighted by molar-refractivity contribution is 1.19. The Labute approximate surface area is 60.3 Å². The first-order valence-electron chi connectivity index (χ1n) is 3.06. The van der Waals surface area contributed by atoms with Crippen molar-refractivity contribution in [1.82, 2.24) is 4.98 Å². The van der Waals surface area contributed by atoms with E-state index in [9.17, 15) is 0 Å². The molecular formula is C8H8N2. The summed E-state index contributed by atoms with van der Waals surface area (Å²) in [7, 11) is 0. The van der Waals surface area contributed by atoms with Gasteiger partial charge in [-0.2, -0.15) is 0 Å². The largest absolute Gasteiger partial charge is 0.360 e. The van der Waals surface area contributed by atoms with E-state index in [0.717, 1.165) is 11.3 Å². The molecule has 0 unspecified atom stereocenters. The zero-order valence-electron chi connectivity index (χ0n) is 6.05. The average molecular weight is 132 g/mol. The second-order valence-corrected chi connectivity index (χ2v) is 2.20. The number of hydrogen-bond acceptors (Lipinski definition) is 1. The molecule has 0 aliphatic heterocycles. The second-order valence-electron chi connectivity index (χ2n) is 2.20. The molecule has 0 bridgehead atoms. The van der Waals surface area contributed by atoms with Gasteiger partial charge in [0.15, 0.2) is 0 Å². The standard InChI is InChI=1S/C8H8N2/c1-6-4-5-7(2)10-8(6)9-3/h4-5H,1-2H3. The van der Waals surface area contributed by atoms with Crippen LogP contribution in [0.1, 0.15) is 11.3 Å². The van der Waals surface area contributed by atoms with Crippen LogP contribution in [0.15, 0.2) is 12.1 Å². The van der Waals surface area contributed by atoms with E-state index < -0.39 is 0 Å². The average Bonchev–Trinajstić information content (AvgIpc) is 1.94. The number of pyridine rings is 1. The number of aromatic nitrogens is 1. The highest BCUT2D eigenvalue weighted by Gasteiger charge is 1.98. The Kier molecular flexibility index (Phi) is 1.68. The van der Waals surface area contributed by atoms with Gasteiger partial charge in [0, 0.05) is 6.92 Å². The molecular weight excluding hydrogens is 124 g/mol. The van der Waals surface area contributed by atoms with Crippen molar-refractivity contribution in [2.75, 3.05) is 0 Å². The van der Waals surface area contributed by atoms with Crippen LogP contribution in [0.2, 0.25) is 0 Å².